The van der Waals surface area contributed by atoms with Gasteiger partial charge in [-0.25, -0.2) is 4.57 Å². The van der Waals surface area contributed by atoms with E-state index in [1.165, 1.54) is 38.5 Å². The van der Waals surface area contributed by atoms with Gasteiger partial charge in [0.25, 0.3) is 0 Å². The van der Waals surface area contributed by atoms with Gasteiger partial charge < -0.3 is 0 Å². The van der Waals surface area contributed by atoms with Crippen molar-refractivity contribution in [2.45, 2.75) is 105 Å². The molecular formula is C20H44NO4P. The predicted octanol–water partition coefficient (Wildman–Crippen LogP) is 7.12. The Morgan fingerprint density at radius 3 is 1.42 bits per heavy atom. The molecule has 26 heavy (non-hydrogen) atoms. The Labute approximate surface area is 162 Å². The Balaban J connectivity index is 4.66. The number of hydrogen-bond acceptors (Lipinski definition) is 5. The Hall–Kier alpha value is 0.0700. The van der Waals surface area contributed by atoms with E-state index in [0.29, 0.717) is 13.2 Å². The van der Waals surface area contributed by atoms with Crippen LogP contribution in [-0.2, 0) is 18.2 Å². The second-order valence-electron chi connectivity index (χ2n) is 6.95. The second-order valence-corrected chi connectivity index (χ2v) is 8.53. The van der Waals surface area contributed by atoms with Gasteiger partial charge in [0, 0.05) is 13.1 Å². The molecule has 0 fully saturated rings. The molecule has 0 aromatic rings. The molecule has 0 heterocycles. The zero-order chi connectivity index (χ0) is 19.5. The molecule has 0 saturated heterocycles. The third-order valence-electron chi connectivity index (χ3n) is 4.23. The average molecular weight is 394 g/mol. The number of phosphoric acid groups is 1. The zero-order valence-electron chi connectivity index (χ0n) is 17.8. The average Bonchev–Trinajstić information content (AvgIpc) is 2.62. The molecule has 0 amide bonds. The fourth-order valence-corrected chi connectivity index (χ4v) is 3.81. The summed E-state index contributed by atoms with van der Waals surface area (Å²) in [5.74, 6) is 0. The molecule has 0 aliphatic heterocycles. The summed E-state index contributed by atoms with van der Waals surface area (Å²) in [6.45, 7) is 11.0. The monoisotopic (exact) mass is 393 g/mol. The molecule has 0 N–H and O–H groups in total. The van der Waals surface area contributed by atoms with Gasteiger partial charge in [0.1, 0.15) is 0 Å². The first-order valence-corrected chi connectivity index (χ1v) is 12.4. The quantitative estimate of drug-likeness (QED) is 0.125. The summed E-state index contributed by atoms with van der Waals surface area (Å²) in [5.41, 5.74) is 0. The smallest absolute Gasteiger partial charge is 0.286 e. The highest BCUT2D eigenvalue weighted by atomic mass is 31.2. The van der Waals surface area contributed by atoms with E-state index < -0.39 is 7.82 Å². The van der Waals surface area contributed by atoms with Crippen LogP contribution in [0.3, 0.4) is 0 Å². The minimum Gasteiger partial charge on any atom is -0.286 e. The van der Waals surface area contributed by atoms with Gasteiger partial charge in [-0.2, -0.15) is 9.69 Å². The molecule has 5 nitrogen and oxygen atoms in total. The molecule has 0 radical (unpaired) electrons. The van der Waals surface area contributed by atoms with Gasteiger partial charge in [-0.3, -0.25) is 9.05 Å². The number of unbranched alkanes of at least 4 members (excludes halogenated alkanes) is 8. The molecule has 158 valence electrons. The van der Waals surface area contributed by atoms with Crippen LogP contribution in [0.2, 0.25) is 0 Å². The highest BCUT2D eigenvalue weighted by Gasteiger charge is 2.30. The third kappa shape index (κ3) is 15.2. The molecule has 0 spiro atoms. The van der Waals surface area contributed by atoms with Gasteiger partial charge in [-0.05, 0) is 25.7 Å². The molecule has 0 bridgehead atoms. The van der Waals surface area contributed by atoms with E-state index in [2.05, 4.69) is 27.7 Å². The summed E-state index contributed by atoms with van der Waals surface area (Å²) in [6.07, 6.45) is 13.0. The normalized spacial score (nSPS) is 12.2. The maximum absolute atomic E-state index is 13.0. The van der Waals surface area contributed by atoms with Gasteiger partial charge in [0.15, 0.2) is 0 Å². The van der Waals surface area contributed by atoms with Gasteiger partial charge in [0.05, 0.1) is 13.2 Å². The summed E-state index contributed by atoms with van der Waals surface area (Å²) in [6, 6.07) is 0. The fraction of sp³-hybridized carbons (Fsp3) is 1.00. The number of hydroxylamine groups is 2. The minimum absolute atomic E-state index is 0.416. The van der Waals surface area contributed by atoms with Crippen LogP contribution in [0, 0.1) is 0 Å². The Morgan fingerprint density at radius 2 is 1.04 bits per heavy atom. The predicted molar refractivity (Wildman–Crippen MR) is 110 cm³/mol. The summed E-state index contributed by atoms with van der Waals surface area (Å²) in [7, 11) is -3.52. The maximum Gasteiger partial charge on any atom is 0.491 e. The molecule has 0 atom stereocenters. The molecule has 0 aliphatic carbocycles. The lowest BCUT2D eigenvalue weighted by molar-refractivity contribution is -0.0944. The molecule has 0 saturated carbocycles. The molecule has 6 heteroatoms. The highest BCUT2D eigenvalue weighted by molar-refractivity contribution is 7.48. The van der Waals surface area contributed by atoms with E-state index in [1.54, 1.807) is 0 Å². The first-order chi connectivity index (χ1) is 12.6. The van der Waals surface area contributed by atoms with Crippen LogP contribution in [-0.4, -0.2) is 31.4 Å². The van der Waals surface area contributed by atoms with E-state index >= 15 is 0 Å². The van der Waals surface area contributed by atoms with Crippen LogP contribution in [0.5, 0.6) is 0 Å². The van der Waals surface area contributed by atoms with Crippen molar-refractivity contribution >= 4 is 7.82 Å². The first kappa shape index (κ1) is 26.1. The SMILES string of the molecule is CCCCCCN(CCCCCC)OP(=O)(OCCCC)OCCCC. The van der Waals surface area contributed by atoms with E-state index in [1.807, 2.05) is 5.06 Å². The van der Waals surface area contributed by atoms with Crippen LogP contribution >= 0.6 is 7.82 Å². The van der Waals surface area contributed by atoms with Crippen molar-refractivity contribution in [3.63, 3.8) is 0 Å². The summed E-state index contributed by atoms with van der Waals surface area (Å²) in [4.78, 5) is 0. The summed E-state index contributed by atoms with van der Waals surface area (Å²) in [5, 5.41) is 1.84. The fourth-order valence-electron chi connectivity index (χ4n) is 2.49. The number of nitrogens with zero attached hydrogens (tertiary/aromatic N) is 1. The molecular weight excluding hydrogens is 349 g/mol. The number of phosphoric ester groups is 1. The second kappa shape index (κ2) is 18.4. The lowest BCUT2D eigenvalue weighted by Crippen LogP contribution is -2.26. The lowest BCUT2D eigenvalue weighted by Gasteiger charge is -2.26. The number of hydrogen-bond donors (Lipinski definition) is 0. The van der Waals surface area contributed by atoms with Crippen molar-refractivity contribution in [2.75, 3.05) is 26.3 Å². The van der Waals surface area contributed by atoms with E-state index in [9.17, 15) is 4.57 Å². The third-order valence-corrected chi connectivity index (χ3v) is 5.66. The Bertz CT molecular complexity index is 316. The van der Waals surface area contributed by atoms with Crippen molar-refractivity contribution in [3.05, 3.63) is 0 Å². The highest BCUT2D eigenvalue weighted by Crippen LogP contribution is 2.50. The molecule has 0 aromatic heterocycles. The molecule has 0 unspecified atom stereocenters. The van der Waals surface area contributed by atoms with Crippen LogP contribution in [0.25, 0.3) is 0 Å². The van der Waals surface area contributed by atoms with Crippen LogP contribution in [0.1, 0.15) is 105 Å². The van der Waals surface area contributed by atoms with Crippen molar-refractivity contribution in [3.8, 4) is 0 Å². The van der Waals surface area contributed by atoms with E-state index in [0.717, 1.165) is 51.6 Å². The van der Waals surface area contributed by atoms with E-state index in [-0.39, 0.29) is 0 Å². The minimum atomic E-state index is -3.52. The first-order valence-electron chi connectivity index (χ1n) is 11.0. The summed E-state index contributed by atoms with van der Waals surface area (Å²) >= 11 is 0. The van der Waals surface area contributed by atoms with Gasteiger partial charge in [-0.1, -0.05) is 79.1 Å². The van der Waals surface area contributed by atoms with Crippen LogP contribution in [0.4, 0.5) is 0 Å². The van der Waals surface area contributed by atoms with Crippen molar-refractivity contribution in [1.29, 1.82) is 0 Å². The summed E-state index contributed by atoms with van der Waals surface area (Å²) < 4.78 is 30.0. The van der Waals surface area contributed by atoms with Crippen LogP contribution < -0.4 is 0 Å². The topological polar surface area (TPSA) is 48.0 Å². The van der Waals surface area contributed by atoms with Gasteiger partial charge >= 0.3 is 7.82 Å². The van der Waals surface area contributed by atoms with Gasteiger partial charge in [-0.15, -0.1) is 0 Å². The number of rotatable bonds is 20. The largest absolute Gasteiger partial charge is 0.491 e. The Morgan fingerprint density at radius 1 is 0.615 bits per heavy atom. The zero-order valence-corrected chi connectivity index (χ0v) is 18.7. The van der Waals surface area contributed by atoms with Crippen molar-refractivity contribution in [2.24, 2.45) is 0 Å². The lowest BCUT2D eigenvalue weighted by atomic mass is 10.2. The van der Waals surface area contributed by atoms with Crippen molar-refractivity contribution in [1.82, 2.24) is 5.06 Å². The van der Waals surface area contributed by atoms with Gasteiger partial charge in [0.2, 0.25) is 0 Å². The van der Waals surface area contributed by atoms with E-state index in [4.69, 9.17) is 13.7 Å². The molecule has 0 rings (SSSR count). The standard InChI is InChI=1S/C20H44NO4P/c1-5-9-13-15-17-21(18-16-14-10-6-2)25-26(22,23-19-11-7-3)24-20-12-8-4/h5-20H2,1-4H3. The Kier molecular flexibility index (Phi) is 18.5. The maximum atomic E-state index is 13.0. The molecule has 0 aliphatic rings. The van der Waals surface area contributed by atoms with Crippen molar-refractivity contribution < 1.29 is 18.2 Å². The van der Waals surface area contributed by atoms with Crippen LogP contribution in [0.15, 0.2) is 0 Å². The molecule has 0 aromatic carbocycles.